The fraction of sp³-hybridized carbons (Fsp3) is 0.611. The second-order valence-corrected chi connectivity index (χ2v) is 6.24. The molecule has 0 radical (unpaired) electrons. The quantitative estimate of drug-likeness (QED) is 0.649. The van der Waals surface area contributed by atoms with E-state index < -0.39 is 0 Å². The number of aliphatic imine (C=N–C) groups is 1. The lowest BCUT2D eigenvalue weighted by atomic mass is 9.97. The molecular weight excluding hydrogens is 272 g/mol. The van der Waals surface area contributed by atoms with Crippen LogP contribution in [0.4, 0.5) is 0 Å². The molecule has 0 aromatic heterocycles. The topological polar surface area (TPSA) is 39.7 Å². The SMILES string of the molecule is CCNC(=NCC1CCN(C)CC1)NC(C)c1ccccc1. The predicted octanol–water partition coefficient (Wildman–Crippen LogP) is 2.64. The third-order valence-electron chi connectivity index (χ3n) is 4.34. The van der Waals surface area contributed by atoms with E-state index in [4.69, 9.17) is 4.99 Å². The van der Waals surface area contributed by atoms with Crippen LogP contribution >= 0.6 is 0 Å². The molecule has 122 valence electrons. The zero-order valence-corrected chi connectivity index (χ0v) is 14.2. The molecule has 1 fully saturated rings. The summed E-state index contributed by atoms with van der Waals surface area (Å²) in [6.45, 7) is 8.50. The van der Waals surface area contributed by atoms with Gasteiger partial charge in [-0.05, 0) is 58.3 Å². The van der Waals surface area contributed by atoms with Crippen molar-refractivity contribution in [1.29, 1.82) is 0 Å². The van der Waals surface area contributed by atoms with Gasteiger partial charge in [0.2, 0.25) is 0 Å². The van der Waals surface area contributed by atoms with Crippen molar-refractivity contribution in [3.05, 3.63) is 35.9 Å². The number of hydrogen-bond donors (Lipinski definition) is 2. The number of benzene rings is 1. The monoisotopic (exact) mass is 302 g/mol. The van der Waals surface area contributed by atoms with Gasteiger partial charge in [0.05, 0.1) is 6.04 Å². The van der Waals surface area contributed by atoms with Crippen LogP contribution in [0.25, 0.3) is 0 Å². The summed E-state index contributed by atoms with van der Waals surface area (Å²) >= 11 is 0. The van der Waals surface area contributed by atoms with Gasteiger partial charge in [-0.2, -0.15) is 0 Å². The lowest BCUT2D eigenvalue weighted by Gasteiger charge is -2.28. The Kier molecular flexibility index (Phi) is 6.72. The minimum atomic E-state index is 0.261. The Morgan fingerprint density at radius 3 is 2.59 bits per heavy atom. The van der Waals surface area contributed by atoms with E-state index in [2.05, 4.69) is 66.8 Å². The molecular formula is C18H30N4. The van der Waals surface area contributed by atoms with Crippen molar-refractivity contribution in [2.75, 3.05) is 33.2 Å². The molecule has 22 heavy (non-hydrogen) atoms. The van der Waals surface area contributed by atoms with Crippen molar-refractivity contribution in [3.8, 4) is 0 Å². The van der Waals surface area contributed by atoms with Gasteiger partial charge in [0, 0.05) is 13.1 Å². The third-order valence-corrected chi connectivity index (χ3v) is 4.34. The van der Waals surface area contributed by atoms with Crippen molar-refractivity contribution in [2.45, 2.75) is 32.7 Å². The van der Waals surface area contributed by atoms with Gasteiger partial charge in [-0.1, -0.05) is 30.3 Å². The van der Waals surface area contributed by atoms with Crippen molar-refractivity contribution >= 4 is 5.96 Å². The molecule has 2 rings (SSSR count). The first kappa shape index (κ1) is 16.8. The van der Waals surface area contributed by atoms with Crippen molar-refractivity contribution < 1.29 is 0 Å². The molecule has 4 heteroatoms. The third kappa shape index (κ3) is 5.34. The highest BCUT2D eigenvalue weighted by Crippen LogP contribution is 2.16. The van der Waals surface area contributed by atoms with Crippen molar-refractivity contribution in [2.24, 2.45) is 10.9 Å². The van der Waals surface area contributed by atoms with Crippen LogP contribution in [-0.4, -0.2) is 44.1 Å². The van der Waals surface area contributed by atoms with Gasteiger partial charge in [-0.25, -0.2) is 0 Å². The van der Waals surface area contributed by atoms with E-state index in [1.54, 1.807) is 0 Å². The Morgan fingerprint density at radius 2 is 1.95 bits per heavy atom. The van der Waals surface area contributed by atoms with Gasteiger partial charge >= 0.3 is 0 Å². The summed E-state index contributed by atoms with van der Waals surface area (Å²) in [6.07, 6.45) is 2.52. The summed E-state index contributed by atoms with van der Waals surface area (Å²) in [7, 11) is 2.20. The lowest BCUT2D eigenvalue weighted by Crippen LogP contribution is -2.39. The molecule has 0 bridgehead atoms. The van der Waals surface area contributed by atoms with Crippen LogP contribution < -0.4 is 10.6 Å². The standard InChI is InChI=1S/C18H30N4/c1-4-19-18(20-14-16-10-12-22(3)13-11-16)21-15(2)17-8-6-5-7-9-17/h5-9,15-16H,4,10-14H2,1-3H3,(H2,19,20,21). The smallest absolute Gasteiger partial charge is 0.191 e. The van der Waals surface area contributed by atoms with Crippen LogP contribution in [0.2, 0.25) is 0 Å². The van der Waals surface area contributed by atoms with Gasteiger partial charge in [0.1, 0.15) is 0 Å². The molecule has 1 saturated heterocycles. The molecule has 1 heterocycles. The number of likely N-dealkylation sites (tertiary alicyclic amines) is 1. The molecule has 0 spiro atoms. The minimum Gasteiger partial charge on any atom is -0.357 e. The summed E-state index contributed by atoms with van der Waals surface area (Å²) in [5.74, 6) is 1.65. The van der Waals surface area contributed by atoms with E-state index in [1.807, 2.05) is 0 Å². The number of nitrogens with zero attached hydrogens (tertiary/aromatic N) is 2. The van der Waals surface area contributed by atoms with Crippen molar-refractivity contribution in [3.63, 3.8) is 0 Å². The van der Waals surface area contributed by atoms with Crippen LogP contribution in [0.15, 0.2) is 35.3 Å². The molecule has 1 aromatic carbocycles. The fourth-order valence-corrected chi connectivity index (χ4v) is 2.82. The fourth-order valence-electron chi connectivity index (χ4n) is 2.82. The van der Waals surface area contributed by atoms with Gasteiger partial charge in [0.15, 0.2) is 5.96 Å². The summed E-state index contributed by atoms with van der Waals surface area (Å²) in [6, 6.07) is 10.8. The van der Waals surface area contributed by atoms with Gasteiger partial charge < -0.3 is 15.5 Å². The largest absolute Gasteiger partial charge is 0.357 e. The lowest BCUT2D eigenvalue weighted by molar-refractivity contribution is 0.223. The van der Waals surface area contributed by atoms with E-state index in [9.17, 15) is 0 Å². The van der Waals surface area contributed by atoms with Crippen LogP contribution in [-0.2, 0) is 0 Å². The first-order valence-electron chi connectivity index (χ1n) is 8.47. The molecule has 2 N–H and O–H groups in total. The number of rotatable bonds is 5. The summed E-state index contributed by atoms with van der Waals surface area (Å²) in [5.41, 5.74) is 1.28. The van der Waals surface area contributed by atoms with E-state index in [1.165, 1.54) is 31.5 Å². The maximum atomic E-state index is 4.80. The Hall–Kier alpha value is -1.55. The summed E-state index contributed by atoms with van der Waals surface area (Å²) in [4.78, 5) is 7.21. The molecule has 1 atom stereocenters. The molecule has 1 unspecified atom stereocenters. The average Bonchev–Trinajstić information content (AvgIpc) is 2.55. The Labute approximate surface area is 135 Å². The molecule has 0 amide bonds. The normalized spacial score (nSPS) is 19.0. The maximum Gasteiger partial charge on any atom is 0.191 e. The number of nitrogens with one attached hydrogen (secondary N) is 2. The van der Waals surface area contributed by atoms with E-state index in [-0.39, 0.29) is 6.04 Å². The van der Waals surface area contributed by atoms with Crippen LogP contribution in [0.5, 0.6) is 0 Å². The maximum absolute atomic E-state index is 4.80. The minimum absolute atomic E-state index is 0.261. The highest BCUT2D eigenvalue weighted by Gasteiger charge is 2.16. The number of hydrogen-bond acceptors (Lipinski definition) is 2. The zero-order chi connectivity index (χ0) is 15.8. The van der Waals surface area contributed by atoms with Gasteiger partial charge in [-0.15, -0.1) is 0 Å². The first-order chi connectivity index (χ1) is 10.7. The van der Waals surface area contributed by atoms with Crippen molar-refractivity contribution in [1.82, 2.24) is 15.5 Å². The predicted molar refractivity (Wildman–Crippen MR) is 94.2 cm³/mol. The van der Waals surface area contributed by atoms with Crippen LogP contribution in [0, 0.1) is 5.92 Å². The first-order valence-corrected chi connectivity index (χ1v) is 8.47. The highest BCUT2D eigenvalue weighted by atomic mass is 15.2. The second kappa shape index (κ2) is 8.79. The zero-order valence-electron chi connectivity index (χ0n) is 14.2. The summed E-state index contributed by atoms with van der Waals surface area (Å²) < 4.78 is 0. The second-order valence-electron chi connectivity index (χ2n) is 6.24. The average molecular weight is 302 g/mol. The van der Waals surface area contributed by atoms with Gasteiger partial charge in [-0.3, -0.25) is 4.99 Å². The van der Waals surface area contributed by atoms with Crippen LogP contribution in [0.3, 0.4) is 0 Å². The Bertz CT molecular complexity index is 449. The van der Waals surface area contributed by atoms with E-state index in [0.29, 0.717) is 0 Å². The Balaban J connectivity index is 1.89. The molecule has 0 saturated carbocycles. The van der Waals surface area contributed by atoms with E-state index >= 15 is 0 Å². The molecule has 0 aliphatic carbocycles. The van der Waals surface area contributed by atoms with Crippen LogP contribution in [0.1, 0.15) is 38.3 Å². The molecule has 1 aliphatic heterocycles. The number of guanidine groups is 1. The molecule has 4 nitrogen and oxygen atoms in total. The highest BCUT2D eigenvalue weighted by molar-refractivity contribution is 5.80. The summed E-state index contributed by atoms with van der Waals surface area (Å²) in [5, 5.41) is 6.87. The molecule has 1 aliphatic rings. The van der Waals surface area contributed by atoms with E-state index in [0.717, 1.165) is 25.0 Å². The Morgan fingerprint density at radius 1 is 1.27 bits per heavy atom. The molecule has 1 aromatic rings. The van der Waals surface area contributed by atoms with Gasteiger partial charge in [0.25, 0.3) is 0 Å². The number of piperidine rings is 1.